The Balaban J connectivity index is 1.81. The largest absolute Gasteiger partial charge is 0.507 e. The number of phenols is 1. The van der Waals surface area contributed by atoms with Gasteiger partial charge in [0, 0.05) is 10.0 Å². The molecular formula is C12H9BrN6O2. The molecule has 0 bridgehead atoms. The molecule has 0 fully saturated rings. The third kappa shape index (κ3) is 2.77. The van der Waals surface area contributed by atoms with Crippen molar-refractivity contribution in [3.8, 4) is 5.75 Å². The van der Waals surface area contributed by atoms with Crippen LogP contribution in [0.5, 0.6) is 5.75 Å². The van der Waals surface area contributed by atoms with Gasteiger partial charge in [0.15, 0.2) is 11.2 Å². The minimum Gasteiger partial charge on any atom is -0.507 e. The fraction of sp³-hybridized carbons (Fsp3) is 0. The Labute approximate surface area is 126 Å². The maximum absolute atomic E-state index is 11.5. The lowest BCUT2D eigenvalue weighted by Crippen LogP contribution is -2.05. The lowest BCUT2D eigenvalue weighted by Gasteiger charge is -1.99. The summed E-state index contributed by atoms with van der Waals surface area (Å²) < 4.78 is 0.771. The van der Waals surface area contributed by atoms with Gasteiger partial charge in [-0.3, -0.25) is 4.79 Å². The van der Waals surface area contributed by atoms with E-state index in [4.69, 9.17) is 0 Å². The molecule has 2 heterocycles. The number of nitrogens with one attached hydrogen (secondary N) is 3. The number of H-pyrrole nitrogens is 2. The number of aromatic nitrogens is 4. The van der Waals surface area contributed by atoms with Crippen LogP contribution in [0.2, 0.25) is 0 Å². The summed E-state index contributed by atoms with van der Waals surface area (Å²) in [6, 6.07) is 5.05. The van der Waals surface area contributed by atoms with Crippen molar-refractivity contribution in [2.75, 3.05) is 5.43 Å². The molecule has 0 atom stereocenters. The van der Waals surface area contributed by atoms with Crippen molar-refractivity contribution in [2.24, 2.45) is 5.10 Å². The number of rotatable bonds is 3. The second-order valence-corrected chi connectivity index (χ2v) is 5.00. The van der Waals surface area contributed by atoms with Crippen LogP contribution >= 0.6 is 15.9 Å². The first-order valence-corrected chi connectivity index (χ1v) is 6.64. The number of aromatic amines is 2. The van der Waals surface area contributed by atoms with Gasteiger partial charge in [0.05, 0.1) is 12.5 Å². The maximum Gasteiger partial charge on any atom is 0.276 e. The SMILES string of the molecule is O=c1[nH]cnc2nc(NN=Cc3ccc(Br)cc3O)[nH]c12. The number of nitrogens with zero attached hydrogens (tertiary/aromatic N) is 3. The highest BCUT2D eigenvalue weighted by Gasteiger charge is 2.05. The Hall–Kier alpha value is -2.68. The van der Waals surface area contributed by atoms with Crippen molar-refractivity contribution < 1.29 is 5.11 Å². The number of imidazole rings is 1. The number of benzene rings is 1. The molecule has 0 saturated carbocycles. The summed E-state index contributed by atoms with van der Waals surface area (Å²) in [5.74, 6) is 0.375. The molecule has 0 saturated heterocycles. The Kier molecular flexibility index (Phi) is 3.40. The molecule has 0 radical (unpaired) electrons. The molecule has 0 aliphatic carbocycles. The average Bonchev–Trinajstić information content (AvgIpc) is 2.86. The maximum atomic E-state index is 11.5. The van der Waals surface area contributed by atoms with Gasteiger partial charge in [0.1, 0.15) is 5.75 Å². The second kappa shape index (κ2) is 5.37. The zero-order valence-corrected chi connectivity index (χ0v) is 12.0. The number of hydrogen-bond donors (Lipinski definition) is 4. The molecule has 0 aliphatic heterocycles. The molecule has 2 aromatic heterocycles. The molecule has 21 heavy (non-hydrogen) atoms. The molecule has 0 amide bonds. The van der Waals surface area contributed by atoms with Gasteiger partial charge < -0.3 is 15.1 Å². The summed E-state index contributed by atoms with van der Waals surface area (Å²) in [5, 5.41) is 13.7. The number of anilines is 1. The van der Waals surface area contributed by atoms with Gasteiger partial charge in [-0.15, -0.1) is 0 Å². The van der Waals surface area contributed by atoms with Crippen LogP contribution in [0.1, 0.15) is 5.56 Å². The van der Waals surface area contributed by atoms with Gasteiger partial charge in [0.25, 0.3) is 5.56 Å². The van der Waals surface area contributed by atoms with Gasteiger partial charge in [-0.1, -0.05) is 15.9 Å². The molecule has 8 nitrogen and oxygen atoms in total. The third-order valence-electron chi connectivity index (χ3n) is 2.66. The smallest absolute Gasteiger partial charge is 0.276 e. The third-order valence-corrected chi connectivity index (χ3v) is 3.15. The van der Waals surface area contributed by atoms with E-state index in [-0.39, 0.29) is 22.8 Å². The standard InChI is InChI=1S/C12H9BrN6O2/c13-7-2-1-6(8(20)3-7)4-16-19-12-17-9-10(18-12)14-5-15-11(9)21/h1-5,20H,(H3,14,15,17,18,19,21). The molecule has 4 N–H and O–H groups in total. The van der Waals surface area contributed by atoms with Crippen LogP contribution in [0.25, 0.3) is 11.2 Å². The van der Waals surface area contributed by atoms with E-state index in [0.717, 1.165) is 4.47 Å². The Morgan fingerprint density at radius 3 is 3.05 bits per heavy atom. The first-order chi connectivity index (χ1) is 10.1. The predicted molar refractivity (Wildman–Crippen MR) is 81.5 cm³/mol. The average molecular weight is 349 g/mol. The van der Waals surface area contributed by atoms with Crippen molar-refractivity contribution >= 4 is 39.3 Å². The number of phenolic OH excluding ortho intramolecular Hbond substituents is 1. The number of aromatic hydroxyl groups is 1. The summed E-state index contributed by atoms with van der Waals surface area (Å²) in [6.07, 6.45) is 2.71. The molecule has 0 aliphatic rings. The monoisotopic (exact) mass is 348 g/mol. The van der Waals surface area contributed by atoms with Gasteiger partial charge >= 0.3 is 0 Å². The zero-order valence-electron chi connectivity index (χ0n) is 10.5. The van der Waals surface area contributed by atoms with Crippen LogP contribution in [-0.4, -0.2) is 31.3 Å². The van der Waals surface area contributed by atoms with Crippen LogP contribution in [0, 0.1) is 0 Å². The highest BCUT2D eigenvalue weighted by atomic mass is 79.9. The summed E-state index contributed by atoms with van der Waals surface area (Å²) in [6.45, 7) is 0. The van der Waals surface area contributed by atoms with Crippen LogP contribution < -0.4 is 11.0 Å². The lowest BCUT2D eigenvalue weighted by molar-refractivity contribution is 0.474. The number of hydrazone groups is 1. The molecule has 3 aromatic rings. The van der Waals surface area contributed by atoms with Crippen molar-refractivity contribution in [1.82, 2.24) is 19.9 Å². The van der Waals surface area contributed by atoms with Crippen molar-refractivity contribution in [1.29, 1.82) is 0 Å². The van der Waals surface area contributed by atoms with Crippen molar-refractivity contribution in [2.45, 2.75) is 0 Å². The van der Waals surface area contributed by atoms with E-state index >= 15 is 0 Å². The van der Waals surface area contributed by atoms with E-state index in [1.165, 1.54) is 12.5 Å². The topological polar surface area (TPSA) is 119 Å². The normalized spacial score (nSPS) is 11.3. The summed E-state index contributed by atoms with van der Waals surface area (Å²) >= 11 is 3.25. The lowest BCUT2D eigenvalue weighted by atomic mass is 10.2. The molecule has 0 spiro atoms. The van der Waals surface area contributed by atoms with Gasteiger partial charge in [-0.2, -0.15) is 10.1 Å². The fourth-order valence-electron chi connectivity index (χ4n) is 1.68. The van der Waals surface area contributed by atoms with Crippen LogP contribution in [0.3, 0.4) is 0 Å². The first kappa shape index (κ1) is 13.3. The highest BCUT2D eigenvalue weighted by Crippen LogP contribution is 2.20. The molecule has 1 aromatic carbocycles. The molecule has 0 unspecified atom stereocenters. The minimum absolute atomic E-state index is 0.0950. The van der Waals surface area contributed by atoms with Crippen LogP contribution in [-0.2, 0) is 0 Å². The Bertz CT molecular complexity index is 885. The van der Waals surface area contributed by atoms with Crippen LogP contribution in [0.15, 0.2) is 38.9 Å². The van der Waals surface area contributed by atoms with Gasteiger partial charge in [0.2, 0.25) is 5.95 Å². The molecule has 106 valence electrons. The molecule has 9 heteroatoms. The fourth-order valence-corrected chi connectivity index (χ4v) is 2.03. The second-order valence-electron chi connectivity index (χ2n) is 4.09. The van der Waals surface area contributed by atoms with E-state index < -0.39 is 0 Å². The van der Waals surface area contributed by atoms with E-state index in [1.54, 1.807) is 18.2 Å². The summed E-state index contributed by atoms with van der Waals surface area (Å²) in [5.41, 5.74) is 3.43. The van der Waals surface area contributed by atoms with E-state index in [2.05, 4.69) is 46.4 Å². The minimum atomic E-state index is -0.310. The van der Waals surface area contributed by atoms with Crippen molar-refractivity contribution in [3.05, 3.63) is 44.9 Å². The van der Waals surface area contributed by atoms with E-state index in [9.17, 15) is 9.90 Å². The number of fused-ring (bicyclic) bond motifs is 1. The summed E-state index contributed by atoms with van der Waals surface area (Å²) in [7, 11) is 0. The Morgan fingerprint density at radius 2 is 2.29 bits per heavy atom. The zero-order chi connectivity index (χ0) is 14.8. The summed E-state index contributed by atoms with van der Waals surface area (Å²) in [4.78, 5) is 24.7. The highest BCUT2D eigenvalue weighted by molar-refractivity contribution is 9.10. The van der Waals surface area contributed by atoms with E-state index in [1.807, 2.05) is 0 Å². The quantitative estimate of drug-likeness (QED) is 0.423. The first-order valence-electron chi connectivity index (χ1n) is 5.84. The van der Waals surface area contributed by atoms with Gasteiger partial charge in [-0.25, -0.2) is 10.4 Å². The molecular weight excluding hydrogens is 340 g/mol. The van der Waals surface area contributed by atoms with Gasteiger partial charge in [-0.05, 0) is 18.2 Å². The number of hydrogen-bond acceptors (Lipinski definition) is 6. The van der Waals surface area contributed by atoms with E-state index in [0.29, 0.717) is 11.2 Å². The van der Waals surface area contributed by atoms with Crippen LogP contribution in [0.4, 0.5) is 5.95 Å². The molecule has 3 rings (SSSR count). The number of halogens is 1. The van der Waals surface area contributed by atoms with Crippen molar-refractivity contribution in [3.63, 3.8) is 0 Å². The predicted octanol–water partition coefficient (Wildman–Crippen LogP) is 1.56. The Morgan fingerprint density at radius 1 is 1.43 bits per heavy atom.